The molecular formula is C13H14F3N3O. The van der Waals surface area contributed by atoms with Crippen molar-refractivity contribution in [2.75, 3.05) is 5.32 Å². The molecule has 0 aliphatic rings. The van der Waals surface area contributed by atoms with Crippen molar-refractivity contribution in [1.82, 2.24) is 9.55 Å². The number of anilines is 1. The summed E-state index contributed by atoms with van der Waals surface area (Å²) in [5.74, 6) is -0.248. The Balaban J connectivity index is 2.10. The number of aromatic nitrogens is 2. The summed E-state index contributed by atoms with van der Waals surface area (Å²) in [7, 11) is 0. The van der Waals surface area contributed by atoms with E-state index in [-0.39, 0.29) is 11.4 Å². The second-order valence-corrected chi connectivity index (χ2v) is 4.07. The molecule has 0 spiro atoms. The highest BCUT2D eigenvalue weighted by Crippen LogP contribution is 2.30. The smallest absolute Gasteiger partial charge is 0.404 e. The van der Waals surface area contributed by atoms with Crippen LogP contribution in [0.25, 0.3) is 0 Å². The normalized spacial score (nSPS) is 11.4. The molecule has 1 aromatic heterocycles. The number of hydrogen-bond donors (Lipinski definition) is 1. The summed E-state index contributed by atoms with van der Waals surface area (Å²) in [5, 5.41) is 2.93. The van der Waals surface area contributed by atoms with Crippen LogP contribution in [-0.4, -0.2) is 15.9 Å². The number of rotatable bonds is 5. The number of imidazole rings is 1. The van der Waals surface area contributed by atoms with Gasteiger partial charge in [-0.15, -0.1) is 13.2 Å². The molecule has 0 saturated carbocycles. The van der Waals surface area contributed by atoms with Crippen LogP contribution < -0.4 is 10.1 Å². The Labute approximate surface area is 114 Å². The Bertz CT molecular complexity index is 566. The van der Waals surface area contributed by atoms with Crippen LogP contribution in [0.15, 0.2) is 36.8 Å². The van der Waals surface area contributed by atoms with E-state index in [2.05, 4.69) is 15.0 Å². The minimum absolute atomic E-state index is 0.248. The van der Waals surface area contributed by atoms with Gasteiger partial charge < -0.3 is 14.6 Å². The molecule has 0 aliphatic heterocycles. The van der Waals surface area contributed by atoms with E-state index in [1.807, 2.05) is 11.5 Å². The molecule has 0 bridgehead atoms. The maximum absolute atomic E-state index is 12.3. The highest BCUT2D eigenvalue weighted by Gasteiger charge is 2.32. The van der Waals surface area contributed by atoms with E-state index in [4.69, 9.17) is 0 Å². The molecule has 0 aliphatic carbocycles. The predicted molar refractivity (Wildman–Crippen MR) is 68.4 cm³/mol. The molecule has 0 amide bonds. The monoisotopic (exact) mass is 285 g/mol. The summed E-state index contributed by atoms with van der Waals surface area (Å²) in [6.07, 6.45) is -1.36. The third-order valence-electron chi connectivity index (χ3n) is 2.71. The van der Waals surface area contributed by atoms with Crippen molar-refractivity contribution in [3.8, 4) is 5.75 Å². The highest BCUT2D eigenvalue weighted by molar-refractivity contribution is 5.56. The van der Waals surface area contributed by atoms with Crippen molar-refractivity contribution in [3.05, 3.63) is 42.5 Å². The highest BCUT2D eigenvalue weighted by atomic mass is 19.4. The van der Waals surface area contributed by atoms with Gasteiger partial charge in [-0.2, -0.15) is 0 Å². The Morgan fingerprint density at radius 2 is 2.05 bits per heavy atom. The van der Waals surface area contributed by atoms with Crippen LogP contribution in [0.2, 0.25) is 0 Å². The molecule has 0 fully saturated rings. The predicted octanol–water partition coefficient (Wildman–Crippen LogP) is 3.41. The fourth-order valence-electron chi connectivity index (χ4n) is 1.79. The van der Waals surface area contributed by atoms with Crippen molar-refractivity contribution in [2.45, 2.75) is 26.4 Å². The fourth-order valence-corrected chi connectivity index (χ4v) is 1.79. The first-order chi connectivity index (χ1) is 9.49. The van der Waals surface area contributed by atoms with Gasteiger partial charge in [0.05, 0.1) is 24.3 Å². The lowest BCUT2D eigenvalue weighted by Crippen LogP contribution is -2.18. The minimum atomic E-state index is -4.71. The van der Waals surface area contributed by atoms with Crippen molar-refractivity contribution >= 4 is 5.69 Å². The van der Waals surface area contributed by atoms with Crippen molar-refractivity contribution in [2.24, 2.45) is 0 Å². The molecule has 2 rings (SSSR count). The summed E-state index contributed by atoms with van der Waals surface area (Å²) < 4.78 is 42.7. The van der Waals surface area contributed by atoms with Gasteiger partial charge in [-0.25, -0.2) is 4.98 Å². The second-order valence-electron chi connectivity index (χ2n) is 4.07. The maximum Gasteiger partial charge on any atom is 0.573 e. The third-order valence-corrected chi connectivity index (χ3v) is 2.71. The van der Waals surface area contributed by atoms with Crippen LogP contribution in [0, 0.1) is 0 Å². The van der Waals surface area contributed by atoms with Gasteiger partial charge in [-0.3, -0.25) is 0 Å². The zero-order valence-corrected chi connectivity index (χ0v) is 10.8. The first-order valence-corrected chi connectivity index (χ1v) is 6.07. The van der Waals surface area contributed by atoms with E-state index < -0.39 is 6.36 Å². The number of hydrogen-bond acceptors (Lipinski definition) is 3. The Morgan fingerprint density at radius 1 is 1.30 bits per heavy atom. The van der Waals surface area contributed by atoms with Gasteiger partial charge in [-0.05, 0) is 19.1 Å². The summed E-state index contributed by atoms with van der Waals surface area (Å²) >= 11 is 0. The second kappa shape index (κ2) is 5.85. The summed E-state index contributed by atoms with van der Waals surface area (Å²) in [4.78, 5) is 4.00. The van der Waals surface area contributed by atoms with E-state index in [1.54, 1.807) is 18.6 Å². The molecule has 2 aromatic rings. The molecular weight excluding hydrogens is 271 g/mol. The van der Waals surface area contributed by atoms with Crippen molar-refractivity contribution in [3.63, 3.8) is 0 Å². The number of nitrogens with zero attached hydrogens (tertiary/aromatic N) is 2. The SMILES string of the molecule is CCn1cncc1CNc1ccccc1OC(F)(F)F. The fraction of sp³-hybridized carbons (Fsp3) is 0.308. The van der Waals surface area contributed by atoms with E-state index >= 15 is 0 Å². The van der Waals surface area contributed by atoms with Gasteiger partial charge in [0, 0.05) is 12.7 Å². The largest absolute Gasteiger partial charge is 0.573 e. The third kappa shape index (κ3) is 3.66. The van der Waals surface area contributed by atoms with E-state index in [0.717, 1.165) is 12.2 Å². The number of alkyl halides is 3. The summed E-state index contributed by atoms with van der Waals surface area (Å²) in [6.45, 7) is 3.08. The van der Waals surface area contributed by atoms with Crippen molar-refractivity contribution in [1.29, 1.82) is 0 Å². The number of benzene rings is 1. The number of para-hydroxylation sites is 2. The van der Waals surface area contributed by atoms with Gasteiger partial charge in [0.2, 0.25) is 0 Å². The molecule has 7 heteroatoms. The Morgan fingerprint density at radius 3 is 2.75 bits per heavy atom. The lowest BCUT2D eigenvalue weighted by atomic mass is 10.3. The molecule has 4 nitrogen and oxygen atoms in total. The zero-order valence-electron chi connectivity index (χ0n) is 10.8. The van der Waals surface area contributed by atoms with Crippen LogP contribution in [0.5, 0.6) is 5.75 Å². The average molecular weight is 285 g/mol. The molecule has 108 valence electrons. The van der Waals surface area contributed by atoms with Crippen LogP contribution in [-0.2, 0) is 13.1 Å². The number of ether oxygens (including phenoxy) is 1. The molecule has 1 heterocycles. The molecule has 1 N–H and O–H groups in total. The van der Waals surface area contributed by atoms with Gasteiger partial charge in [0.25, 0.3) is 0 Å². The Kier molecular flexibility index (Phi) is 4.16. The van der Waals surface area contributed by atoms with Crippen LogP contribution in [0.1, 0.15) is 12.6 Å². The molecule has 0 radical (unpaired) electrons. The van der Waals surface area contributed by atoms with Gasteiger partial charge in [0.15, 0.2) is 5.75 Å². The van der Waals surface area contributed by atoms with Crippen LogP contribution >= 0.6 is 0 Å². The lowest BCUT2D eigenvalue weighted by molar-refractivity contribution is -0.274. The van der Waals surface area contributed by atoms with Gasteiger partial charge in [-0.1, -0.05) is 12.1 Å². The molecule has 0 unspecified atom stereocenters. The summed E-state index contributed by atoms with van der Waals surface area (Å²) in [6, 6.07) is 5.94. The number of aryl methyl sites for hydroxylation is 1. The Hall–Kier alpha value is -2.18. The zero-order chi connectivity index (χ0) is 14.6. The minimum Gasteiger partial charge on any atom is -0.404 e. The van der Waals surface area contributed by atoms with E-state index in [9.17, 15) is 13.2 Å². The lowest BCUT2D eigenvalue weighted by Gasteiger charge is -2.14. The van der Waals surface area contributed by atoms with Crippen LogP contribution in [0.4, 0.5) is 18.9 Å². The van der Waals surface area contributed by atoms with Crippen molar-refractivity contribution < 1.29 is 17.9 Å². The van der Waals surface area contributed by atoms with Gasteiger partial charge in [0.1, 0.15) is 0 Å². The molecule has 20 heavy (non-hydrogen) atoms. The average Bonchev–Trinajstić information content (AvgIpc) is 2.83. The van der Waals surface area contributed by atoms with Crippen LogP contribution in [0.3, 0.4) is 0 Å². The maximum atomic E-state index is 12.3. The number of nitrogens with one attached hydrogen (secondary N) is 1. The summed E-state index contributed by atoms with van der Waals surface area (Å²) in [5.41, 5.74) is 1.17. The quantitative estimate of drug-likeness (QED) is 0.915. The molecule has 0 saturated heterocycles. The topological polar surface area (TPSA) is 39.1 Å². The first-order valence-electron chi connectivity index (χ1n) is 6.07. The number of halogens is 3. The first kappa shape index (κ1) is 14.2. The van der Waals surface area contributed by atoms with Gasteiger partial charge >= 0.3 is 6.36 Å². The van der Waals surface area contributed by atoms with E-state index in [0.29, 0.717) is 6.54 Å². The van der Waals surface area contributed by atoms with E-state index in [1.165, 1.54) is 18.2 Å². The standard InChI is InChI=1S/C13H14F3N3O/c1-2-19-9-17-7-10(19)8-18-11-5-3-4-6-12(11)20-13(14,15)16/h3-7,9,18H,2,8H2,1H3. The molecule has 0 atom stereocenters. The molecule has 1 aromatic carbocycles.